The van der Waals surface area contributed by atoms with E-state index in [1.165, 1.54) is 12.5 Å². The monoisotopic (exact) mass is 174 g/mol. The first-order chi connectivity index (χ1) is 6.24. The second kappa shape index (κ2) is 7.12. The van der Waals surface area contributed by atoms with Gasteiger partial charge in [0.1, 0.15) is 6.29 Å². The van der Waals surface area contributed by atoms with E-state index in [9.17, 15) is 0 Å². The molecule has 0 N–H and O–H groups in total. The van der Waals surface area contributed by atoms with Gasteiger partial charge in [0.15, 0.2) is 0 Å². The van der Waals surface area contributed by atoms with Crippen LogP contribution in [0.15, 0.2) is 24.3 Å². The van der Waals surface area contributed by atoms with Gasteiger partial charge in [-0.15, -0.1) is 5.92 Å². The van der Waals surface area contributed by atoms with Gasteiger partial charge in [-0.2, -0.15) is 0 Å². The van der Waals surface area contributed by atoms with E-state index in [4.69, 9.17) is 4.79 Å². The van der Waals surface area contributed by atoms with Gasteiger partial charge in [-0.05, 0) is 32.9 Å². The molecule has 13 heavy (non-hydrogen) atoms. The molecule has 0 bridgehead atoms. The Morgan fingerprint density at radius 1 is 1.23 bits per heavy atom. The zero-order valence-corrected chi connectivity index (χ0v) is 8.29. The molecule has 0 amide bonds. The predicted molar refractivity (Wildman–Crippen MR) is 55.5 cm³/mol. The summed E-state index contributed by atoms with van der Waals surface area (Å²) in [6.07, 6.45) is 0.750. The van der Waals surface area contributed by atoms with Crippen LogP contribution in [-0.4, -0.2) is 6.29 Å². The molecule has 0 unspecified atom stereocenters. The Morgan fingerprint density at radius 3 is 2.08 bits per heavy atom. The third-order valence-corrected chi connectivity index (χ3v) is 1.32. The van der Waals surface area contributed by atoms with Gasteiger partial charge in [0.2, 0.25) is 0 Å². The topological polar surface area (TPSA) is 17.1 Å². The smallest absolute Gasteiger partial charge is 0.116 e. The first-order valence-corrected chi connectivity index (χ1v) is 4.13. The van der Waals surface area contributed by atoms with Crippen molar-refractivity contribution in [3.8, 4) is 11.8 Å². The van der Waals surface area contributed by atoms with Gasteiger partial charge in [0.25, 0.3) is 0 Å². The maximum absolute atomic E-state index is 8.81. The summed E-state index contributed by atoms with van der Waals surface area (Å²) < 4.78 is 0. The van der Waals surface area contributed by atoms with Crippen LogP contribution >= 0.6 is 0 Å². The van der Waals surface area contributed by atoms with E-state index in [0.29, 0.717) is 0 Å². The van der Waals surface area contributed by atoms with Gasteiger partial charge in [-0.25, -0.2) is 0 Å². The summed E-state index contributed by atoms with van der Waals surface area (Å²) in [7, 11) is 0. The Bertz CT molecular complexity index is 298. The summed E-state index contributed by atoms with van der Waals surface area (Å²) in [4.78, 5) is 8.81. The van der Waals surface area contributed by atoms with Crippen LogP contribution < -0.4 is 0 Å². The molecule has 68 valence electrons. The molecular weight excluding hydrogens is 160 g/mol. The van der Waals surface area contributed by atoms with Crippen LogP contribution in [-0.2, 0) is 4.79 Å². The van der Waals surface area contributed by atoms with Crippen LogP contribution in [0.5, 0.6) is 0 Å². The van der Waals surface area contributed by atoms with Gasteiger partial charge in [0, 0.05) is 5.56 Å². The Balaban J connectivity index is 0.000000424. The molecule has 1 aromatic rings. The molecule has 0 aromatic heterocycles. The summed E-state index contributed by atoms with van der Waals surface area (Å²) in [5.41, 5.74) is 2.37. The third-order valence-electron chi connectivity index (χ3n) is 1.32. The number of aryl methyl sites for hydroxylation is 1. The fraction of sp³-hybridized carbons (Fsp3) is 0.250. The molecule has 0 fully saturated rings. The van der Waals surface area contributed by atoms with Gasteiger partial charge < -0.3 is 4.79 Å². The number of hydrogen-bond acceptors (Lipinski definition) is 1. The average molecular weight is 174 g/mol. The zero-order valence-electron chi connectivity index (χ0n) is 8.29. The maximum Gasteiger partial charge on any atom is 0.116 e. The largest absolute Gasteiger partial charge is 0.304 e. The summed E-state index contributed by atoms with van der Waals surface area (Å²) in [6.45, 7) is 5.36. The molecule has 0 spiro atoms. The minimum absolute atomic E-state index is 0.750. The second-order valence-corrected chi connectivity index (χ2v) is 2.48. The highest BCUT2D eigenvalue weighted by atomic mass is 16.1. The lowest BCUT2D eigenvalue weighted by molar-refractivity contribution is -0.106. The van der Waals surface area contributed by atoms with E-state index in [1.807, 2.05) is 19.1 Å². The first-order valence-electron chi connectivity index (χ1n) is 4.13. The molecular formula is C12H14O. The van der Waals surface area contributed by atoms with E-state index in [-0.39, 0.29) is 0 Å². The standard InChI is InChI=1S/C10H10.C2H4O/c1-3-4-10-7-5-9(2)6-8-10;1-2-3/h5-8H,1-2H3;2H,1H3. The van der Waals surface area contributed by atoms with E-state index in [1.54, 1.807) is 0 Å². The lowest BCUT2D eigenvalue weighted by Crippen LogP contribution is -1.73. The Labute approximate surface area is 79.8 Å². The van der Waals surface area contributed by atoms with Crippen LogP contribution in [0.1, 0.15) is 25.0 Å². The molecule has 0 aliphatic heterocycles. The van der Waals surface area contributed by atoms with Crippen molar-refractivity contribution in [2.75, 3.05) is 0 Å². The quantitative estimate of drug-likeness (QED) is 0.436. The minimum Gasteiger partial charge on any atom is -0.304 e. The Morgan fingerprint density at radius 2 is 1.69 bits per heavy atom. The van der Waals surface area contributed by atoms with Crippen LogP contribution in [0.2, 0.25) is 0 Å². The van der Waals surface area contributed by atoms with Gasteiger partial charge in [0.05, 0.1) is 0 Å². The Kier molecular flexibility index (Phi) is 6.27. The van der Waals surface area contributed by atoms with Gasteiger partial charge in [-0.3, -0.25) is 0 Å². The van der Waals surface area contributed by atoms with Gasteiger partial charge >= 0.3 is 0 Å². The van der Waals surface area contributed by atoms with Crippen molar-refractivity contribution in [2.45, 2.75) is 20.8 Å². The van der Waals surface area contributed by atoms with Crippen molar-refractivity contribution < 1.29 is 4.79 Å². The molecule has 0 saturated heterocycles. The maximum atomic E-state index is 8.81. The lowest BCUT2D eigenvalue weighted by atomic mass is 10.2. The van der Waals surface area contributed by atoms with Crippen LogP contribution in [0, 0.1) is 18.8 Å². The number of carbonyl (C=O) groups is 1. The third kappa shape index (κ3) is 5.69. The van der Waals surface area contributed by atoms with Crippen LogP contribution in [0.25, 0.3) is 0 Å². The van der Waals surface area contributed by atoms with Crippen molar-refractivity contribution in [3.63, 3.8) is 0 Å². The zero-order chi connectivity index (χ0) is 10.1. The number of aldehydes is 1. The molecule has 1 nitrogen and oxygen atoms in total. The molecule has 0 heterocycles. The first kappa shape index (κ1) is 11.4. The normalized spacial score (nSPS) is 7.31. The lowest BCUT2D eigenvalue weighted by Gasteiger charge is -1.90. The summed E-state index contributed by atoms with van der Waals surface area (Å²) in [5, 5.41) is 0. The number of benzene rings is 1. The van der Waals surface area contributed by atoms with E-state index in [0.717, 1.165) is 11.8 Å². The van der Waals surface area contributed by atoms with Crippen LogP contribution in [0.3, 0.4) is 0 Å². The molecule has 1 aromatic carbocycles. The van der Waals surface area contributed by atoms with E-state index >= 15 is 0 Å². The molecule has 1 heteroatoms. The van der Waals surface area contributed by atoms with Crippen molar-refractivity contribution in [1.82, 2.24) is 0 Å². The fourth-order valence-electron chi connectivity index (χ4n) is 0.781. The summed E-state index contributed by atoms with van der Waals surface area (Å²) >= 11 is 0. The van der Waals surface area contributed by atoms with E-state index in [2.05, 4.69) is 30.9 Å². The highest BCUT2D eigenvalue weighted by molar-refractivity contribution is 5.44. The number of carbonyl (C=O) groups excluding carboxylic acids is 1. The van der Waals surface area contributed by atoms with E-state index < -0.39 is 0 Å². The van der Waals surface area contributed by atoms with Gasteiger partial charge in [-0.1, -0.05) is 23.6 Å². The second-order valence-electron chi connectivity index (χ2n) is 2.48. The molecule has 0 atom stereocenters. The van der Waals surface area contributed by atoms with Crippen molar-refractivity contribution >= 4 is 6.29 Å². The molecule has 1 rings (SSSR count). The van der Waals surface area contributed by atoms with Crippen molar-refractivity contribution in [3.05, 3.63) is 35.4 Å². The SMILES string of the molecule is CC#Cc1ccc(C)cc1.CC=O. The summed E-state index contributed by atoms with van der Waals surface area (Å²) in [5.74, 6) is 5.84. The number of hydrogen-bond donors (Lipinski definition) is 0. The van der Waals surface area contributed by atoms with Crippen molar-refractivity contribution in [2.24, 2.45) is 0 Å². The highest BCUT2D eigenvalue weighted by Gasteiger charge is 1.83. The molecule has 0 saturated carbocycles. The predicted octanol–water partition coefficient (Wildman–Crippen LogP) is 2.57. The number of rotatable bonds is 0. The molecule has 0 radical (unpaired) electrons. The highest BCUT2D eigenvalue weighted by Crippen LogP contribution is 2.00. The van der Waals surface area contributed by atoms with Crippen molar-refractivity contribution in [1.29, 1.82) is 0 Å². The Hall–Kier alpha value is -1.55. The molecule has 0 aliphatic rings. The molecule has 0 aliphatic carbocycles. The average Bonchev–Trinajstić information content (AvgIpc) is 2.11. The fourth-order valence-corrected chi connectivity index (χ4v) is 0.781. The summed E-state index contributed by atoms with van der Waals surface area (Å²) in [6, 6.07) is 8.21. The minimum atomic E-state index is 0.750. The van der Waals surface area contributed by atoms with Crippen LogP contribution in [0.4, 0.5) is 0 Å².